The minimum absolute atomic E-state index is 0.0116. The fraction of sp³-hybridized carbons (Fsp3) is 0.350. The van der Waals surface area contributed by atoms with Gasteiger partial charge in [0.25, 0.3) is 0 Å². The molecule has 7 nitrogen and oxygen atoms in total. The first kappa shape index (κ1) is 17.5. The molecule has 3 aromatic rings. The van der Waals surface area contributed by atoms with Gasteiger partial charge in [-0.3, -0.25) is 4.68 Å². The maximum Gasteiger partial charge on any atom is 0.131 e. The van der Waals surface area contributed by atoms with Crippen molar-refractivity contribution in [2.24, 2.45) is 5.92 Å². The smallest absolute Gasteiger partial charge is 0.131 e. The monoisotopic (exact) mass is 364 g/mol. The molecule has 3 atom stereocenters. The number of rotatable bonds is 7. The molecule has 1 saturated carbocycles. The lowest BCUT2D eigenvalue weighted by atomic mass is 10.1. The Morgan fingerprint density at radius 3 is 2.74 bits per heavy atom. The second-order valence-corrected chi connectivity index (χ2v) is 7.01. The summed E-state index contributed by atoms with van der Waals surface area (Å²) in [6.07, 6.45) is 6.55. The Morgan fingerprint density at radius 2 is 1.93 bits per heavy atom. The molecule has 0 saturated heterocycles. The van der Waals surface area contributed by atoms with Gasteiger partial charge in [-0.25, -0.2) is 9.97 Å². The van der Waals surface area contributed by atoms with Gasteiger partial charge in [0.15, 0.2) is 0 Å². The van der Waals surface area contributed by atoms with Crippen LogP contribution in [0.25, 0.3) is 0 Å². The Labute approximate surface area is 158 Å². The molecule has 1 aromatic carbocycles. The third kappa shape index (κ3) is 4.62. The first-order chi connectivity index (χ1) is 13.3. The topological polar surface area (TPSA) is 87.9 Å². The normalized spacial score (nSPS) is 21.9. The average molecular weight is 364 g/mol. The predicted molar refractivity (Wildman–Crippen MR) is 104 cm³/mol. The van der Waals surface area contributed by atoms with Crippen molar-refractivity contribution < 1.29 is 5.11 Å². The van der Waals surface area contributed by atoms with E-state index < -0.39 is 0 Å². The first-order valence-electron chi connectivity index (χ1n) is 9.28. The molecule has 3 N–H and O–H groups in total. The summed E-state index contributed by atoms with van der Waals surface area (Å²) in [6, 6.07) is 14.0. The van der Waals surface area contributed by atoms with Crippen LogP contribution in [0.5, 0.6) is 0 Å². The molecule has 2 heterocycles. The van der Waals surface area contributed by atoms with Crippen LogP contribution in [0.1, 0.15) is 18.4 Å². The summed E-state index contributed by atoms with van der Waals surface area (Å²) >= 11 is 0. The van der Waals surface area contributed by atoms with Crippen LogP contribution in [0.2, 0.25) is 0 Å². The lowest BCUT2D eigenvalue weighted by molar-refractivity contribution is 0.166. The van der Waals surface area contributed by atoms with Crippen molar-refractivity contribution in [3.05, 3.63) is 66.7 Å². The van der Waals surface area contributed by atoms with Gasteiger partial charge in [0, 0.05) is 31.5 Å². The van der Waals surface area contributed by atoms with Crippen molar-refractivity contribution in [3.8, 4) is 0 Å². The average Bonchev–Trinajstić information content (AvgIpc) is 3.31. The van der Waals surface area contributed by atoms with Crippen LogP contribution < -0.4 is 10.6 Å². The molecule has 27 heavy (non-hydrogen) atoms. The highest BCUT2D eigenvalue weighted by Crippen LogP contribution is 2.29. The summed E-state index contributed by atoms with van der Waals surface area (Å²) in [5.74, 6) is 1.89. The summed E-state index contributed by atoms with van der Waals surface area (Å²) in [5, 5.41) is 21.4. The first-order valence-corrected chi connectivity index (χ1v) is 9.28. The van der Waals surface area contributed by atoms with Gasteiger partial charge in [-0.1, -0.05) is 30.3 Å². The minimum atomic E-state index is -0.388. The highest BCUT2D eigenvalue weighted by Gasteiger charge is 2.33. The molecule has 1 aliphatic carbocycles. The number of hydrogen-bond donors (Lipinski definition) is 3. The highest BCUT2D eigenvalue weighted by atomic mass is 16.3. The van der Waals surface area contributed by atoms with E-state index in [4.69, 9.17) is 0 Å². The van der Waals surface area contributed by atoms with Crippen molar-refractivity contribution >= 4 is 11.6 Å². The summed E-state index contributed by atoms with van der Waals surface area (Å²) < 4.78 is 1.93. The maximum absolute atomic E-state index is 10.4. The molecule has 0 amide bonds. The molecule has 4 rings (SSSR count). The minimum Gasteiger partial charge on any atom is -0.391 e. The van der Waals surface area contributed by atoms with Gasteiger partial charge in [0.1, 0.15) is 18.0 Å². The Bertz CT molecular complexity index is 839. The van der Waals surface area contributed by atoms with Crippen LogP contribution in [0.3, 0.4) is 0 Å². The van der Waals surface area contributed by atoms with E-state index in [1.54, 1.807) is 6.20 Å². The summed E-state index contributed by atoms with van der Waals surface area (Å²) in [4.78, 5) is 8.58. The summed E-state index contributed by atoms with van der Waals surface area (Å²) in [7, 11) is 0. The summed E-state index contributed by atoms with van der Waals surface area (Å²) in [6.45, 7) is 1.53. The second-order valence-electron chi connectivity index (χ2n) is 7.01. The standard InChI is InChI=1S/C20H24N6O/c27-18-10-16(13-26-8-4-7-24-26)9-17(18)25-20-11-19(22-14-23-20)21-12-15-5-2-1-3-6-15/h1-8,11,14,16-18,27H,9-10,12-13H2,(H2,21,22,23,25)/t16?,17-,18-/m1/s1. The molecule has 2 aromatic heterocycles. The van der Waals surface area contributed by atoms with Gasteiger partial charge in [-0.05, 0) is 30.4 Å². The van der Waals surface area contributed by atoms with Crippen LogP contribution in [-0.4, -0.2) is 37.0 Å². The quantitative estimate of drug-likeness (QED) is 0.597. The van der Waals surface area contributed by atoms with Gasteiger partial charge in [-0.2, -0.15) is 5.10 Å². The SMILES string of the molecule is O[C@@H]1CC(Cn2cccn2)C[C@H]1Nc1cc(NCc2ccccc2)ncn1. The number of aliphatic hydroxyl groups excluding tert-OH is 1. The number of hydrogen-bond acceptors (Lipinski definition) is 6. The molecule has 0 radical (unpaired) electrons. The number of aliphatic hydroxyl groups is 1. The van der Waals surface area contributed by atoms with Crippen molar-refractivity contribution in [1.29, 1.82) is 0 Å². The fourth-order valence-corrected chi connectivity index (χ4v) is 3.61. The largest absolute Gasteiger partial charge is 0.391 e. The molecule has 1 fully saturated rings. The number of benzene rings is 1. The van der Waals surface area contributed by atoms with E-state index in [2.05, 4.69) is 37.8 Å². The van der Waals surface area contributed by atoms with Gasteiger partial charge in [0.2, 0.25) is 0 Å². The van der Waals surface area contributed by atoms with Gasteiger partial charge >= 0.3 is 0 Å². The second kappa shape index (κ2) is 8.18. The van der Waals surface area contributed by atoms with Crippen LogP contribution in [-0.2, 0) is 13.1 Å². The highest BCUT2D eigenvalue weighted by molar-refractivity contribution is 5.47. The lowest BCUT2D eigenvalue weighted by Gasteiger charge is -2.17. The zero-order chi connectivity index (χ0) is 18.5. The molecular formula is C20H24N6O. The molecule has 7 heteroatoms. The Hall–Kier alpha value is -2.93. The molecule has 1 unspecified atom stereocenters. The lowest BCUT2D eigenvalue weighted by Crippen LogP contribution is -2.28. The molecule has 0 spiro atoms. The number of nitrogens with one attached hydrogen (secondary N) is 2. The van der Waals surface area contributed by atoms with Crippen molar-refractivity contribution in [2.45, 2.75) is 38.1 Å². The van der Waals surface area contributed by atoms with Crippen LogP contribution in [0.15, 0.2) is 61.2 Å². The molecule has 140 valence electrons. The van der Waals surface area contributed by atoms with Gasteiger partial charge < -0.3 is 15.7 Å². The molecule has 1 aliphatic rings. The van der Waals surface area contributed by atoms with E-state index in [0.717, 1.165) is 31.0 Å². The Kier molecular flexibility index (Phi) is 5.29. The van der Waals surface area contributed by atoms with Crippen molar-refractivity contribution in [3.63, 3.8) is 0 Å². The molecule has 0 bridgehead atoms. The van der Waals surface area contributed by atoms with E-state index in [0.29, 0.717) is 12.5 Å². The number of aromatic nitrogens is 4. The van der Waals surface area contributed by atoms with E-state index in [1.165, 1.54) is 11.9 Å². The van der Waals surface area contributed by atoms with E-state index in [9.17, 15) is 5.11 Å². The van der Waals surface area contributed by atoms with Crippen LogP contribution in [0.4, 0.5) is 11.6 Å². The molecular weight excluding hydrogens is 340 g/mol. The van der Waals surface area contributed by atoms with Gasteiger partial charge in [-0.15, -0.1) is 0 Å². The number of nitrogens with zero attached hydrogens (tertiary/aromatic N) is 4. The zero-order valence-electron chi connectivity index (χ0n) is 15.1. The third-order valence-corrected chi connectivity index (χ3v) is 4.95. The Balaban J connectivity index is 1.33. The van der Waals surface area contributed by atoms with E-state index in [-0.39, 0.29) is 12.1 Å². The zero-order valence-corrected chi connectivity index (χ0v) is 15.1. The Morgan fingerprint density at radius 1 is 1.07 bits per heavy atom. The number of anilines is 2. The van der Waals surface area contributed by atoms with Gasteiger partial charge in [0.05, 0.1) is 12.1 Å². The maximum atomic E-state index is 10.4. The predicted octanol–water partition coefficient (Wildman–Crippen LogP) is 2.54. The molecule has 0 aliphatic heterocycles. The van der Waals surface area contributed by atoms with E-state index >= 15 is 0 Å². The van der Waals surface area contributed by atoms with Crippen molar-refractivity contribution in [1.82, 2.24) is 19.7 Å². The van der Waals surface area contributed by atoms with Crippen LogP contribution in [0, 0.1) is 5.92 Å². The van der Waals surface area contributed by atoms with Crippen LogP contribution >= 0.6 is 0 Å². The van der Waals surface area contributed by atoms with Crippen molar-refractivity contribution in [2.75, 3.05) is 10.6 Å². The third-order valence-electron chi connectivity index (χ3n) is 4.95. The fourth-order valence-electron chi connectivity index (χ4n) is 3.61. The van der Waals surface area contributed by atoms with E-state index in [1.807, 2.05) is 41.2 Å². The summed E-state index contributed by atoms with van der Waals surface area (Å²) in [5.41, 5.74) is 1.19.